The number of amides is 1. The molecule has 3 aromatic rings. The lowest BCUT2D eigenvalue weighted by Gasteiger charge is -2.32. The largest absolute Gasteiger partial charge is 0.476 e. The molecular formula is C27H34N8O2. The van der Waals surface area contributed by atoms with Gasteiger partial charge in [-0.2, -0.15) is 15.3 Å². The zero-order chi connectivity index (χ0) is 25.8. The lowest BCUT2D eigenvalue weighted by Crippen LogP contribution is -2.35. The van der Waals surface area contributed by atoms with E-state index in [0.29, 0.717) is 30.1 Å². The van der Waals surface area contributed by atoms with Crippen LogP contribution >= 0.6 is 0 Å². The molecule has 10 nitrogen and oxygen atoms in total. The maximum atomic E-state index is 12.9. The number of nitrogens with one attached hydrogen (secondary N) is 2. The number of pyridine rings is 1. The summed E-state index contributed by atoms with van der Waals surface area (Å²) in [5.41, 5.74) is 1.44. The lowest BCUT2D eigenvalue weighted by atomic mass is 9.92. The van der Waals surface area contributed by atoms with Gasteiger partial charge in [0.2, 0.25) is 11.7 Å². The van der Waals surface area contributed by atoms with Gasteiger partial charge < -0.3 is 15.0 Å². The maximum Gasteiger partial charge on any atom is 0.289 e. The minimum Gasteiger partial charge on any atom is -0.476 e. The van der Waals surface area contributed by atoms with Crippen molar-refractivity contribution in [1.82, 2.24) is 30.5 Å². The second kappa shape index (κ2) is 10.7. The molecule has 1 aliphatic carbocycles. The van der Waals surface area contributed by atoms with E-state index in [1.807, 2.05) is 6.07 Å². The molecule has 2 aliphatic rings. The third-order valence-electron chi connectivity index (χ3n) is 7.69. The van der Waals surface area contributed by atoms with Crippen molar-refractivity contribution in [3.63, 3.8) is 0 Å². The monoisotopic (exact) mass is 502 g/mol. The van der Waals surface area contributed by atoms with Crippen molar-refractivity contribution in [1.29, 1.82) is 5.26 Å². The molecule has 1 amide bonds. The van der Waals surface area contributed by atoms with Gasteiger partial charge in [0.25, 0.3) is 5.91 Å². The van der Waals surface area contributed by atoms with Crippen LogP contribution in [0.5, 0.6) is 5.88 Å². The van der Waals surface area contributed by atoms with Crippen LogP contribution in [-0.2, 0) is 0 Å². The Morgan fingerprint density at radius 2 is 2.16 bits per heavy atom. The number of nitriles is 1. The van der Waals surface area contributed by atoms with Gasteiger partial charge in [0.05, 0.1) is 11.5 Å². The number of nitrogens with zero attached hydrogens (tertiary/aromatic N) is 6. The van der Waals surface area contributed by atoms with Crippen LogP contribution in [0.1, 0.15) is 74.6 Å². The van der Waals surface area contributed by atoms with Gasteiger partial charge >= 0.3 is 0 Å². The summed E-state index contributed by atoms with van der Waals surface area (Å²) in [6.45, 7) is 6.72. The minimum absolute atomic E-state index is 0.103. The highest BCUT2D eigenvalue weighted by Crippen LogP contribution is 2.45. The molecule has 4 heterocycles. The van der Waals surface area contributed by atoms with Crippen molar-refractivity contribution in [2.75, 3.05) is 31.1 Å². The van der Waals surface area contributed by atoms with E-state index in [2.05, 4.69) is 61.3 Å². The number of H-pyrrole nitrogens is 1. The number of piperidine rings is 1. The molecule has 10 heteroatoms. The highest BCUT2D eigenvalue weighted by atomic mass is 16.5. The van der Waals surface area contributed by atoms with Gasteiger partial charge in [-0.1, -0.05) is 20.3 Å². The summed E-state index contributed by atoms with van der Waals surface area (Å²) in [6.07, 6.45) is 7.22. The normalized spacial score (nSPS) is 17.8. The quantitative estimate of drug-likeness (QED) is 0.425. The van der Waals surface area contributed by atoms with E-state index in [1.54, 1.807) is 12.3 Å². The molecule has 0 spiro atoms. The van der Waals surface area contributed by atoms with Crippen LogP contribution < -0.4 is 15.0 Å². The van der Waals surface area contributed by atoms with Crippen LogP contribution in [-0.4, -0.2) is 57.3 Å². The number of aromatic amines is 1. The molecule has 2 fully saturated rings. The van der Waals surface area contributed by atoms with Crippen molar-refractivity contribution in [2.24, 2.45) is 11.3 Å². The van der Waals surface area contributed by atoms with Crippen molar-refractivity contribution >= 4 is 22.8 Å². The number of ether oxygens (including phenoxy) is 1. The lowest BCUT2D eigenvalue weighted by molar-refractivity contribution is 0.0939. The van der Waals surface area contributed by atoms with Gasteiger partial charge in [-0.25, -0.2) is 9.97 Å². The Bertz CT molecular complexity index is 1290. The molecule has 37 heavy (non-hydrogen) atoms. The van der Waals surface area contributed by atoms with E-state index < -0.39 is 5.41 Å². The van der Waals surface area contributed by atoms with Gasteiger partial charge in [-0.15, -0.1) is 0 Å². The van der Waals surface area contributed by atoms with Crippen molar-refractivity contribution in [3.05, 3.63) is 35.9 Å². The predicted molar refractivity (Wildman–Crippen MR) is 139 cm³/mol. The summed E-state index contributed by atoms with van der Waals surface area (Å²) in [4.78, 5) is 28.5. The summed E-state index contributed by atoms with van der Waals surface area (Å²) >= 11 is 0. The third kappa shape index (κ3) is 5.66. The van der Waals surface area contributed by atoms with Crippen LogP contribution in [0.4, 0.5) is 5.82 Å². The van der Waals surface area contributed by atoms with Crippen molar-refractivity contribution in [3.8, 4) is 11.9 Å². The number of anilines is 1. The molecule has 1 saturated carbocycles. The fourth-order valence-electron chi connectivity index (χ4n) is 4.70. The molecule has 2 N–H and O–H groups in total. The number of carbonyl (C=O) groups is 1. The zero-order valence-electron chi connectivity index (χ0n) is 21.5. The standard InChI is InChI=1S/C27H34N8O2/c1-3-18(2)6-12-30-26(36)25-31-21(15-22(32-25)37-17-27(16-28)9-10-27)35-13-7-19(8-14-35)23-20-5-4-11-29-24(20)34-33-23/h4-5,11,15,18-19H,3,6-10,12-14,17H2,1-2H3,(H,30,36)(H,29,33,34). The van der Waals surface area contributed by atoms with E-state index in [9.17, 15) is 10.1 Å². The Labute approximate surface area is 216 Å². The van der Waals surface area contributed by atoms with Gasteiger partial charge in [0.15, 0.2) is 5.65 Å². The van der Waals surface area contributed by atoms with E-state index >= 15 is 0 Å². The number of hydrogen-bond acceptors (Lipinski definition) is 8. The molecule has 1 atom stereocenters. The third-order valence-corrected chi connectivity index (χ3v) is 7.69. The van der Waals surface area contributed by atoms with E-state index in [4.69, 9.17) is 4.74 Å². The molecule has 5 rings (SSSR count). The summed E-state index contributed by atoms with van der Waals surface area (Å²) < 4.78 is 5.93. The molecule has 1 unspecified atom stereocenters. The summed E-state index contributed by atoms with van der Waals surface area (Å²) in [5.74, 6) is 1.70. The molecule has 0 aromatic carbocycles. The summed E-state index contributed by atoms with van der Waals surface area (Å²) in [7, 11) is 0. The number of carbonyl (C=O) groups excluding carboxylic acids is 1. The summed E-state index contributed by atoms with van der Waals surface area (Å²) in [6, 6.07) is 8.13. The van der Waals surface area contributed by atoms with Gasteiger partial charge in [-0.3, -0.25) is 9.89 Å². The van der Waals surface area contributed by atoms with E-state index in [0.717, 1.165) is 68.3 Å². The predicted octanol–water partition coefficient (Wildman–Crippen LogP) is 3.98. The molecule has 1 aliphatic heterocycles. The molecule has 1 saturated heterocycles. The van der Waals surface area contributed by atoms with Gasteiger partial charge in [-0.05, 0) is 50.2 Å². The van der Waals surface area contributed by atoms with Crippen LogP contribution in [0.2, 0.25) is 0 Å². The molecule has 0 radical (unpaired) electrons. The average molecular weight is 503 g/mol. The van der Waals surface area contributed by atoms with Crippen LogP contribution in [0.15, 0.2) is 24.4 Å². The van der Waals surface area contributed by atoms with E-state index in [1.165, 1.54) is 0 Å². The Morgan fingerprint density at radius 1 is 1.35 bits per heavy atom. The topological polar surface area (TPSA) is 133 Å². The van der Waals surface area contributed by atoms with Crippen LogP contribution in [0, 0.1) is 22.7 Å². The Hall–Kier alpha value is -3.74. The summed E-state index contributed by atoms with van der Waals surface area (Å²) in [5, 5.41) is 21.0. The first-order valence-corrected chi connectivity index (χ1v) is 13.3. The number of hydrogen-bond donors (Lipinski definition) is 2. The minimum atomic E-state index is -0.427. The van der Waals surface area contributed by atoms with Crippen molar-refractivity contribution < 1.29 is 9.53 Å². The number of rotatable bonds is 10. The fourth-order valence-corrected chi connectivity index (χ4v) is 4.70. The molecule has 194 valence electrons. The SMILES string of the molecule is CCC(C)CCNC(=O)c1nc(OCC2(C#N)CC2)cc(N2CCC(c3[nH]nc4ncccc34)CC2)n1. The number of fused-ring (bicyclic) bond motifs is 1. The van der Waals surface area contributed by atoms with E-state index in [-0.39, 0.29) is 18.3 Å². The van der Waals surface area contributed by atoms with Gasteiger partial charge in [0, 0.05) is 48.9 Å². The van der Waals surface area contributed by atoms with Crippen LogP contribution in [0.25, 0.3) is 11.0 Å². The highest BCUT2D eigenvalue weighted by Gasteiger charge is 2.44. The fraction of sp³-hybridized carbons (Fsp3) is 0.556. The first kappa shape index (κ1) is 24.9. The van der Waals surface area contributed by atoms with Crippen LogP contribution in [0.3, 0.4) is 0 Å². The first-order valence-electron chi connectivity index (χ1n) is 13.3. The number of aromatic nitrogens is 5. The molecular weight excluding hydrogens is 468 g/mol. The average Bonchev–Trinajstić information content (AvgIpc) is 3.61. The van der Waals surface area contributed by atoms with Crippen molar-refractivity contribution in [2.45, 2.75) is 58.3 Å². The smallest absolute Gasteiger partial charge is 0.289 e. The highest BCUT2D eigenvalue weighted by molar-refractivity contribution is 5.91. The first-order chi connectivity index (χ1) is 18.0. The zero-order valence-corrected chi connectivity index (χ0v) is 21.5. The van der Waals surface area contributed by atoms with Gasteiger partial charge in [0.1, 0.15) is 12.4 Å². The Kier molecular flexibility index (Phi) is 7.22. The Morgan fingerprint density at radius 3 is 2.89 bits per heavy atom. The molecule has 3 aromatic heterocycles. The maximum absolute atomic E-state index is 12.9. The Balaban J connectivity index is 1.30. The second-order valence-corrected chi connectivity index (χ2v) is 10.4. The second-order valence-electron chi connectivity index (χ2n) is 10.4. The molecule has 0 bridgehead atoms.